The van der Waals surface area contributed by atoms with Gasteiger partial charge in [0.1, 0.15) is 11.5 Å². The number of fused-ring (bicyclic) bond motifs is 1. The third kappa shape index (κ3) is 2.89. The van der Waals surface area contributed by atoms with Gasteiger partial charge in [-0.15, -0.1) is 0 Å². The van der Waals surface area contributed by atoms with Crippen LogP contribution in [0.1, 0.15) is 18.9 Å². The van der Waals surface area contributed by atoms with Crippen molar-refractivity contribution in [3.05, 3.63) is 24.7 Å². The van der Waals surface area contributed by atoms with Crippen molar-refractivity contribution in [3.63, 3.8) is 0 Å². The monoisotopic (exact) mass is 356 g/mol. The van der Waals surface area contributed by atoms with Crippen molar-refractivity contribution in [2.75, 3.05) is 24.1 Å². The van der Waals surface area contributed by atoms with Gasteiger partial charge in [0.15, 0.2) is 0 Å². The zero-order chi connectivity index (χ0) is 18.3. The van der Waals surface area contributed by atoms with Gasteiger partial charge in [-0.05, 0) is 18.9 Å². The highest BCUT2D eigenvalue weighted by atomic mass is 16.4. The molecule has 3 aromatic heterocycles. The Balaban J connectivity index is 1.68. The Hall–Kier alpha value is -3.30. The highest BCUT2D eigenvalue weighted by Crippen LogP contribution is 2.29. The third-order valence-corrected chi connectivity index (χ3v) is 4.62. The minimum Gasteiger partial charge on any atom is -0.465 e. The van der Waals surface area contributed by atoms with Gasteiger partial charge in [0.05, 0.1) is 23.3 Å². The van der Waals surface area contributed by atoms with Crippen molar-refractivity contribution in [2.24, 2.45) is 7.05 Å². The minimum absolute atomic E-state index is 0.0258. The molecule has 4 rings (SSSR count). The van der Waals surface area contributed by atoms with Crippen molar-refractivity contribution < 1.29 is 9.90 Å². The van der Waals surface area contributed by atoms with E-state index in [4.69, 9.17) is 5.73 Å². The standard InChI is InChI=1S/C16H20N8O2/c1-22-8-10(7-18-22)19-15-20-13(17)12-4-6-24(14(12)21-15)11-3-2-5-23(9-11)16(25)26/h4,6-8,11H,2-3,5,9H2,1H3,(H,25,26)(H3,17,19,20,21). The molecule has 1 aliphatic heterocycles. The number of carbonyl (C=O) groups is 1. The van der Waals surface area contributed by atoms with Crippen LogP contribution in [0.3, 0.4) is 0 Å². The summed E-state index contributed by atoms with van der Waals surface area (Å²) < 4.78 is 3.67. The van der Waals surface area contributed by atoms with Gasteiger partial charge in [-0.25, -0.2) is 4.79 Å². The Morgan fingerprint density at radius 2 is 2.27 bits per heavy atom. The maximum atomic E-state index is 11.3. The molecule has 1 amide bonds. The van der Waals surface area contributed by atoms with E-state index in [9.17, 15) is 9.90 Å². The molecule has 4 heterocycles. The minimum atomic E-state index is -0.890. The topological polar surface area (TPSA) is 127 Å². The third-order valence-electron chi connectivity index (χ3n) is 4.62. The van der Waals surface area contributed by atoms with Crippen LogP contribution in [-0.2, 0) is 7.05 Å². The lowest BCUT2D eigenvalue weighted by atomic mass is 10.1. The number of amides is 1. The smallest absolute Gasteiger partial charge is 0.407 e. The first kappa shape index (κ1) is 16.2. The van der Waals surface area contributed by atoms with Gasteiger partial charge >= 0.3 is 6.09 Å². The van der Waals surface area contributed by atoms with E-state index >= 15 is 0 Å². The first-order valence-electron chi connectivity index (χ1n) is 8.39. The number of carboxylic acid groups (broad SMARTS) is 1. The van der Waals surface area contributed by atoms with E-state index in [1.165, 1.54) is 4.90 Å². The number of piperidine rings is 1. The molecule has 26 heavy (non-hydrogen) atoms. The predicted molar refractivity (Wildman–Crippen MR) is 96.3 cm³/mol. The summed E-state index contributed by atoms with van der Waals surface area (Å²) in [6.45, 7) is 1.00. The summed E-state index contributed by atoms with van der Waals surface area (Å²) in [5.74, 6) is 0.764. The lowest BCUT2D eigenvalue weighted by Crippen LogP contribution is -2.39. The van der Waals surface area contributed by atoms with Crippen LogP contribution in [0.2, 0.25) is 0 Å². The second kappa shape index (κ2) is 6.21. The van der Waals surface area contributed by atoms with E-state index in [-0.39, 0.29) is 6.04 Å². The number of nitrogens with two attached hydrogens (primary N) is 1. The van der Waals surface area contributed by atoms with Gasteiger partial charge in [0, 0.05) is 32.5 Å². The molecule has 0 radical (unpaired) electrons. The van der Waals surface area contributed by atoms with Crippen molar-refractivity contribution >= 4 is 34.6 Å². The Morgan fingerprint density at radius 3 is 3.00 bits per heavy atom. The fraction of sp³-hybridized carbons (Fsp3) is 0.375. The van der Waals surface area contributed by atoms with Crippen LogP contribution in [0, 0.1) is 0 Å². The van der Waals surface area contributed by atoms with E-state index in [0.717, 1.165) is 23.9 Å². The number of aromatic nitrogens is 5. The number of aryl methyl sites for hydroxylation is 1. The SMILES string of the molecule is Cn1cc(Nc2nc(N)c3ccn(C4CCCN(C(=O)O)C4)c3n2)cn1. The summed E-state index contributed by atoms with van der Waals surface area (Å²) in [7, 11) is 1.83. The summed E-state index contributed by atoms with van der Waals surface area (Å²) in [5, 5.41) is 17.2. The number of anilines is 3. The molecule has 10 heteroatoms. The van der Waals surface area contributed by atoms with E-state index < -0.39 is 6.09 Å². The molecular weight excluding hydrogens is 336 g/mol. The number of nitrogen functional groups attached to an aromatic ring is 1. The highest BCUT2D eigenvalue weighted by molar-refractivity contribution is 5.87. The molecule has 1 aliphatic rings. The molecule has 0 saturated carbocycles. The van der Waals surface area contributed by atoms with Crippen LogP contribution in [0.4, 0.5) is 22.2 Å². The van der Waals surface area contributed by atoms with Crippen molar-refractivity contribution in [1.29, 1.82) is 0 Å². The zero-order valence-corrected chi connectivity index (χ0v) is 14.3. The lowest BCUT2D eigenvalue weighted by Gasteiger charge is -2.31. The van der Waals surface area contributed by atoms with E-state index in [0.29, 0.717) is 30.5 Å². The zero-order valence-electron chi connectivity index (χ0n) is 14.3. The van der Waals surface area contributed by atoms with Crippen LogP contribution in [0.25, 0.3) is 11.0 Å². The van der Waals surface area contributed by atoms with E-state index in [2.05, 4.69) is 20.4 Å². The van der Waals surface area contributed by atoms with E-state index in [1.807, 2.05) is 30.1 Å². The molecule has 136 valence electrons. The van der Waals surface area contributed by atoms with Gasteiger partial charge in [-0.3, -0.25) is 4.68 Å². The van der Waals surface area contributed by atoms with Crippen LogP contribution in [0.5, 0.6) is 0 Å². The van der Waals surface area contributed by atoms with Gasteiger partial charge < -0.3 is 25.6 Å². The number of hydrogen-bond donors (Lipinski definition) is 3. The van der Waals surface area contributed by atoms with Gasteiger partial charge in [0.25, 0.3) is 0 Å². The maximum Gasteiger partial charge on any atom is 0.407 e. The van der Waals surface area contributed by atoms with E-state index in [1.54, 1.807) is 10.9 Å². The second-order valence-electron chi connectivity index (χ2n) is 6.45. The molecular formula is C16H20N8O2. The number of nitrogens with zero attached hydrogens (tertiary/aromatic N) is 6. The quantitative estimate of drug-likeness (QED) is 0.653. The highest BCUT2D eigenvalue weighted by Gasteiger charge is 2.26. The summed E-state index contributed by atoms with van der Waals surface area (Å²) in [6.07, 6.45) is 6.21. The van der Waals surface area contributed by atoms with Crippen LogP contribution < -0.4 is 11.1 Å². The molecule has 4 N–H and O–H groups in total. The average molecular weight is 356 g/mol. The fourth-order valence-electron chi connectivity index (χ4n) is 3.38. The fourth-order valence-corrected chi connectivity index (χ4v) is 3.38. The molecule has 1 saturated heterocycles. The molecule has 1 fully saturated rings. The molecule has 0 aliphatic carbocycles. The number of likely N-dealkylation sites (tertiary alicyclic amines) is 1. The largest absolute Gasteiger partial charge is 0.465 e. The Bertz CT molecular complexity index is 962. The number of nitrogens with one attached hydrogen (secondary N) is 1. The lowest BCUT2D eigenvalue weighted by molar-refractivity contribution is 0.122. The Morgan fingerprint density at radius 1 is 1.42 bits per heavy atom. The van der Waals surface area contributed by atoms with Gasteiger partial charge in [-0.2, -0.15) is 15.1 Å². The first-order valence-corrected chi connectivity index (χ1v) is 8.39. The van der Waals surface area contributed by atoms with Crippen molar-refractivity contribution in [2.45, 2.75) is 18.9 Å². The van der Waals surface area contributed by atoms with Gasteiger partial charge in [0.2, 0.25) is 5.95 Å². The molecule has 0 aromatic carbocycles. The predicted octanol–water partition coefficient (Wildman–Crippen LogP) is 1.81. The summed E-state index contributed by atoms with van der Waals surface area (Å²) >= 11 is 0. The molecule has 10 nitrogen and oxygen atoms in total. The van der Waals surface area contributed by atoms with Gasteiger partial charge in [-0.1, -0.05) is 0 Å². The average Bonchev–Trinajstić information content (AvgIpc) is 3.21. The number of rotatable bonds is 3. The molecule has 0 spiro atoms. The second-order valence-corrected chi connectivity index (χ2v) is 6.45. The van der Waals surface area contributed by atoms with Crippen LogP contribution in [-0.4, -0.2) is 53.5 Å². The normalized spacial score (nSPS) is 17.6. The van der Waals surface area contributed by atoms with Crippen LogP contribution >= 0.6 is 0 Å². The molecule has 3 aromatic rings. The maximum absolute atomic E-state index is 11.3. The first-order chi connectivity index (χ1) is 12.5. The number of hydrogen-bond acceptors (Lipinski definition) is 6. The van der Waals surface area contributed by atoms with Crippen molar-refractivity contribution in [3.8, 4) is 0 Å². The molecule has 0 bridgehead atoms. The summed E-state index contributed by atoms with van der Waals surface area (Å²) in [5.41, 5.74) is 7.56. The Kier molecular flexibility index (Phi) is 3.86. The van der Waals surface area contributed by atoms with Crippen molar-refractivity contribution in [1.82, 2.24) is 29.2 Å². The summed E-state index contributed by atoms with van der Waals surface area (Å²) in [4.78, 5) is 21.7. The van der Waals surface area contributed by atoms with Crippen LogP contribution in [0.15, 0.2) is 24.7 Å². The Labute approximate surface area is 149 Å². The summed E-state index contributed by atoms with van der Waals surface area (Å²) in [6, 6.07) is 1.90. The molecule has 1 atom stereocenters. The molecule has 1 unspecified atom stereocenters.